The minimum atomic E-state index is -0.419. The van der Waals surface area contributed by atoms with E-state index < -0.39 is 5.41 Å². The second-order valence-corrected chi connectivity index (χ2v) is 11.5. The highest BCUT2D eigenvalue weighted by atomic mass is 35.5. The number of hydrogen-bond acceptors (Lipinski definition) is 3. The van der Waals surface area contributed by atoms with E-state index >= 15 is 0 Å². The van der Waals surface area contributed by atoms with Crippen LogP contribution in [-0.4, -0.2) is 29.0 Å². The first-order valence-corrected chi connectivity index (χ1v) is 12.4. The van der Waals surface area contributed by atoms with Gasteiger partial charge < -0.3 is 15.2 Å². The molecule has 2 N–H and O–H groups in total. The number of aromatic nitrogens is 2. The van der Waals surface area contributed by atoms with Crippen LogP contribution in [-0.2, 0) is 17.8 Å². The van der Waals surface area contributed by atoms with Gasteiger partial charge in [-0.25, -0.2) is 4.98 Å². The maximum Gasteiger partial charge on any atom is 0.225 e. The van der Waals surface area contributed by atoms with Crippen molar-refractivity contribution in [1.82, 2.24) is 15.3 Å². The number of nitrogens with zero attached hydrogens (tertiary/aromatic N) is 2. The van der Waals surface area contributed by atoms with Crippen molar-refractivity contribution in [3.05, 3.63) is 57.3 Å². The molecule has 2 heterocycles. The maximum absolute atomic E-state index is 12.2. The standard InChI is InChI=1S/C26H30Cl2N4O/c1-25(2,3)24(33)29-14-16-4-5-18(27)17(10-16)11-23-30-20-12-19(28)22(13-21(20)31-23)32-9-8-26(15-32)6-7-26/h4-5,10,12-13H,6-9,11,14-15H2,1-3H3,(H,29,33)(H,30,31). The van der Waals surface area contributed by atoms with Crippen LogP contribution in [0.3, 0.4) is 0 Å². The second kappa shape index (κ2) is 8.21. The number of imidazole rings is 1. The molecule has 2 fully saturated rings. The third-order valence-electron chi connectivity index (χ3n) is 6.94. The molecule has 3 aromatic rings. The van der Waals surface area contributed by atoms with Gasteiger partial charge in [-0.05, 0) is 54.0 Å². The van der Waals surface area contributed by atoms with Gasteiger partial charge in [-0.15, -0.1) is 0 Å². The number of benzene rings is 2. The number of anilines is 1. The SMILES string of the molecule is CC(C)(C)C(=O)NCc1ccc(Cl)c(Cc2nc3cc(N4CCC5(CC5)C4)c(Cl)cc3[nH]2)c1. The molecule has 1 spiro atoms. The molecule has 174 valence electrons. The predicted molar refractivity (Wildman–Crippen MR) is 135 cm³/mol. The molecule has 2 aliphatic rings. The largest absolute Gasteiger partial charge is 0.370 e. The van der Waals surface area contributed by atoms with Crippen molar-refractivity contribution in [1.29, 1.82) is 0 Å². The molecule has 1 amide bonds. The topological polar surface area (TPSA) is 61.0 Å². The van der Waals surface area contributed by atoms with Gasteiger partial charge in [0.2, 0.25) is 5.91 Å². The van der Waals surface area contributed by atoms with Crippen molar-refractivity contribution in [3.8, 4) is 0 Å². The van der Waals surface area contributed by atoms with Gasteiger partial charge in [0.1, 0.15) is 5.82 Å². The van der Waals surface area contributed by atoms with Crippen LogP contribution in [0, 0.1) is 10.8 Å². The molecule has 0 bridgehead atoms. The lowest BCUT2D eigenvalue weighted by Gasteiger charge is -2.20. The normalized spacial score (nSPS) is 17.2. The number of rotatable bonds is 5. The zero-order valence-electron chi connectivity index (χ0n) is 19.4. The Morgan fingerprint density at radius 3 is 2.64 bits per heavy atom. The summed E-state index contributed by atoms with van der Waals surface area (Å²) in [6.07, 6.45) is 4.53. The van der Waals surface area contributed by atoms with Crippen LogP contribution in [0.5, 0.6) is 0 Å². The van der Waals surface area contributed by atoms with Crippen LogP contribution in [0.4, 0.5) is 5.69 Å². The van der Waals surface area contributed by atoms with Crippen LogP contribution in [0.2, 0.25) is 10.0 Å². The van der Waals surface area contributed by atoms with Gasteiger partial charge in [0.05, 0.1) is 21.7 Å². The van der Waals surface area contributed by atoms with Gasteiger partial charge in [0, 0.05) is 36.5 Å². The van der Waals surface area contributed by atoms with Crippen LogP contribution in [0.25, 0.3) is 11.0 Å². The number of halogens is 2. The van der Waals surface area contributed by atoms with E-state index in [9.17, 15) is 4.79 Å². The van der Waals surface area contributed by atoms with E-state index in [2.05, 4.69) is 21.3 Å². The Morgan fingerprint density at radius 1 is 1.15 bits per heavy atom. The molecular formula is C26H30Cl2N4O. The number of amides is 1. The Morgan fingerprint density at radius 2 is 1.94 bits per heavy atom. The molecular weight excluding hydrogens is 455 g/mol. The molecule has 2 aromatic carbocycles. The van der Waals surface area contributed by atoms with Crippen LogP contribution >= 0.6 is 23.2 Å². The Kier molecular flexibility index (Phi) is 5.61. The molecule has 5 nitrogen and oxygen atoms in total. The maximum atomic E-state index is 12.2. The summed E-state index contributed by atoms with van der Waals surface area (Å²) >= 11 is 13.2. The number of carbonyl (C=O) groups excluding carboxylic acids is 1. The molecule has 1 aliphatic heterocycles. The van der Waals surface area contributed by atoms with Crippen LogP contribution in [0.1, 0.15) is 57.0 Å². The molecule has 1 saturated heterocycles. The first kappa shape index (κ1) is 22.5. The molecule has 1 aliphatic carbocycles. The molecule has 1 saturated carbocycles. The fraction of sp³-hybridized carbons (Fsp3) is 0.462. The molecule has 1 aromatic heterocycles. The summed E-state index contributed by atoms with van der Waals surface area (Å²) in [5.74, 6) is 0.866. The van der Waals surface area contributed by atoms with Crippen LogP contribution < -0.4 is 10.2 Å². The van der Waals surface area contributed by atoms with Gasteiger partial charge >= 0.3 is 0 Å². The van der Waals surface area contributed by atoms with E-state index in [1.165, 1.54) is 19.3 Å². The summed E-state index contributed by atoms with van der Waals surface area (Å²) in [5.41, 5.74) is 5.05. The lowest BCUT2D eigenvalue weighted by Crippen LogP contribution is -2.34. The van der Waals surface area contributed by atoms with Crippen molar-refractivity contribution >= 4 is 45.8 Å². The Labute approximate surface area is 204 Å². The van der Waals surface area contributed by atoms with E-state index in [0.29, 0.717) is 23.4 Å². The summed E-state index contributed by atoms with van der Waals surface area (Å²) in [5, 5.41) is 4.45. The molecule has 7 heteroatoms. The lowest BCUT2D eigenvalue weighted by molar-refractivity contribution is -0.128. The highest BCUT2D eigenvalue weighted by Gasteiger charge is 2.48. The minimum absolute atomic E-state index is 0.0228. The van der Waals surface area contributed by atoms with E-state index in [-0.39, 0.29) is 5.91 Å². The van der Waals surface area contributed by atoms with Gasteiger partial charge in [0.15, 0.2) is 0 Å². The van der Waals surface area contributed by atoms with E-state index in [4.69, 9.17) is 28.2 Å². The van der Waals surface area contributed by atoms with Crippen molar-refractivity contribution in [2.75, 3.05) is 18.0 Å². The summed E-state index contributed by atoms with van der Waals surface area (Å²) in [6.45, 7) is 8.35. The summed E-state index contributed by atoms with van der Waals surface area (Å²) in [7, 11) is 0. The third-order valence-corrected chi connectivity index (χ3v) is 7.61. The Balaban J connectivity index is 1.34. The minimum Gasteiger partial charge on any atom is -0.370 e. The predicted octanol–water partition coefficient (Wildman–Crippen LogP) is 6.11. The molecule has 0 radical (unpaired) electrons. The quantitative estimate of drug-likeness (QED) is 0.458. The first-order valence-electron chi connectivity index (χ1n) is 11.6. The number of aromatic amines is 1. The van der Waals surface area contributed by atoms with Crippen molar-refractivity contribution in [2.24, 2.45) is 10.8 Å². The third kappa shape index (κ3) is 4.71. The van der Waals surface area contributed by atoms with Crippen molar-refractivity contribution < 1.29 is 4.79 Å². The lowest BCUT2D eigenvalue weighted by atomic mass is 9.95. The fourth-order valence-electron chi connectivity index (χ4n) is 4.63. The van der Waals surface area contributed by atoms with Gasteiger partial charge in [-0.1, -0.05) is 56.1 Å². The Bertz CT molecular complexity index is 1220. The van der Waals surface area contributed by atoms with Gasteiger partial charge in [-0.2, -0.15) is 0 Å². The number of hydrogen-bond donors (Lipinski definition) is 2. The smallest absolute Gasteiger partial charge is 0.225 e. The molecule has 0 unspecified atom stereocenters. The number of H-pyrrole nitrogens is 1. The average Bonchev–Trinajstić information content (AvgIpc) is 3.20. The van der Waals surface area contributed by atoms with Crippen LogP contribution in [0.15, 0.2) is 30.3 Å². The molecule has 5 rings (SSSR count). The molecule has 33 heavy (non-hydrogen) atoms. The monoisotopic (exact) mass is 484 g/mol. The fourth-order valence-corrected chi connectivity index (χ4v) is 5.09. The van der Waals surface area contributed by atoms with Crippen molar-refractivity contribution in [3.63, 3.8) is 0 Å². The van der Waals surface area contributed by atoms with Gasteiger partial charge in [-0.3, -0.25) is 4.79 Å². The average molecular weight is 485 g/mol. The highest BCUT2D eigenvalue weighted by molar-refractivity contribution is 6.34. The van der Waals surface area contributed by atoms with Crippen molar-refractivity contribution in [2.45, 2.75) is 53.0 Å². The first-order chi connectivity index (χ1) is 15.6. The van der Waals surface area contributed by atoms with E-state index in [0.717, 1.165) is 51.8 Å². The number of fused-ring (bicyclic) bond motifs is 1. The zero-order chi connectivity index (χ0) is 23.4. The van der Waals surface area contributed by atoms with Gasteiger partial charge in [0.25, 0.3) is 0 Å². The number of nitrogens with one attached hydrogen (secondary N) is 2. The summed E-state index contributed by atoms with van der Waals surface area (Å²) < 4.78 is 0. The Hall–Kier alpha value is -2.24. The van der Waals surface area contributed by atoms with E-state index in [1.807, 2.05) is 45.0 Å². The number of carbonyl (C=O) groups is 1. The molecule has 0 atom stereocenters. The summed E-state index contributed by atoms with van der Waals surface area (Å²) in [6, 6.07) is 9.96. The highest BCUT2D eigenvalue weighted by Crippen LogP contribution is 2.54. The zero-order valence-corrected chi connectivity index (χ0v) is 20.9. The summed E-state index contributed by atoms with van der Waals surface area (Å²) in [4.78, 5) is 22.9. The second-order valence-electron chi connectivity index (χ2n) is 10.7. The van der Waals surface area contributed by atoms with E-state index in [1.54, 1.807) is 0 Å².